The number of benzene rings is 1. The Morgan fingerprint density at radius 2 is 2.29 bits per heavy atom. The van der Waals surface area contributed by atoms with E-state index in [9.17, 15) is 0 Å². The number of ether oxygens (including phenoxy) is 2. The molecule has 0 radical (unpaired) electrons. The lowest BCUT2D eigenvalue weighted by Gasteiger charge is -2.08. The summed E-state index contributed by atoms with van der Waals surface area (Å²) < 4.78 is 10.4. The monoisotopic (exact) mass is 189 g/mol. The lowest BCUT2D eigenvalue weighted by molar-refractivity contribution is 0.405. The van der Waals surface area contributed by atoms with Crippen molar-refractivity contribution in [3.63, 3.8) is 0 Å². The molecular formula is C11H11NO2. The SMILES string of the molecule is [C-]#[N+]c1cc(C)c(C2CO2)cc1OC. The van der Waals surface area contributed by atoms with Crippen molar-refractivity contribution in [3.8, 4) is 5.75 Å². The second-order valence-electron chi connectivity index (χ2n) is 3.31. The Morgan fingerprint density at radius 1 is 1.57 bits per heavy atom. The lowest BCUT2D eigenvalue weighted by atomic mass is 10.0. The van der Waals surface area contributed by atoms with Gasteiger partial charge in [0, 0.05) is 0 Å². The van der Waals surface area contributed by atoms with Crippen LogP contribution in [0.4, 0.5) is 5.69 Å². The molecule has 1 unspecified atom stereocenters. The van der Waals surface area contributed by atoms with Gasteiger partial charge in [-0.05, 0) is 24.6 Å². The molecule has 1 saturated heterocycles. The Kier molecular flexibility index (Phi) is 2.14. The molecule has 0 saturated carbocycles. The third-order valence-electron chi connectivity index (χ3n) is 2.37. The fourth-order valence-electron chi connectivity index (χ4n) is 1.51. The summed E-state index contributed by atoms with van der Waals surface area (Å²) in [5, 5.41) is 0. The zero-order valence-corrected chi connectivity index (χ0v) is 8.20. The smallest absolute Gasteiger partial charge is 0.228 e. The fraction of sp³-hybridized carbons (Fsp3) is 0.364. The third kappa shape index (κ3) is 1.45. The molecular weight excluding hydrogens is 178 g/mol. The third-order valence-corrected chi connectivity index (χ3v) is 2.37. The van der Waals surface area contributed by atoms with Gasteiger partial charge >= 0.3 is 0 Å². The molecule has 3 nitrogen and oxygen atoms in total. The number of rotatable bonds is 2. The van der Waals surface area contributed by atoms with E-state index >= 15 is 0 Å². The molecule has 72 valence electrons. The Bertz CT molecular complexity index is 402. The van der Waals surface area contributed by atoms with E-state index < -0.39 is 0 Å². The van der Waals surface area contributed by atoms with Crippen LogP contribution in [0.2, 0.25) is 0 Å². The molecule has 0 amide bonds. The van der Waals surface area contributed by atoms with Gasteiger partial charge in [0.1, 0.15) is 11.9 Å². The summed E-state index contributed by atoms with van der Waals surface area (Å²) >= 11 is 0. The van der Waals surface area contributed by atoms with Crippen LogP contribution in [0.5, 0.6) is 5.75 Å². The van der Waals surface area contributed by atoms with Gasteiger partial charge in [-0.3, -0.25) is 0 Å². The van der Waals surface area contributed by atoms with Crippen LogP contribution in [0.3, 0.4) is 0 Å². The highest BCUT2D eigenvalue weighted by Crippen LogP contribution is 2.38. The minimum atomic E-state index is 0.212. The van der Waals surface area contributed by atoms with E-state index in [4.69, 9.17) is 16.0 Å². The van der Waals surface area contributed by atoms with Gasteiger partial charge in [-0.1, -0.05) is 5.56 Å². The summed E-state index contributed by atoms with van der Waals surface area (Å²) in [6.07, 6.45) is 0.212. The van der Waals surface area contributed by atoms with Crippen LogP contribution in [-0.2, 0) is 4.74 Å². The maximum absolute atomic E-state index is 6.99. The minimum Gasteiger partial charge on any atom is -0.508 e. The summed E-state index contributed by atoms with van der Waals surface area (Å²) in [5.41, 5.74) is 2.79. The Hall–Kier alpha value is -1.53. The van der Waals surface area contributed by atoms with Crippen molar-refractivity contribution in [3.05, 3.63) is 34.7 Å². The number of methoxy groups -OCH3 is 1. The molecule has 2 rings (SSSR count). The van der Waals surface area contributed by atoms with E-state index in [0.717, 1.165) is 17.7 Å². The van der Waals surface area contributed by atoms with Gasteiger partial charge < -0.3 is 9.47 Å². The van der Waals surface area contributed by atoms with Gasteiger partial charge in [-0.25, -0.2) is 4.85 Å². The van der Waals surface area contributed by atoms with Crippen molar-refractivity contribution in [2.75, 3.05) is 13.7 Å². The molecule has 1 aromatic carbocycles. The maximum atomic E-state index is 6.99. The quantitative estimate of drug-likeness (QED) is 0.528. The summed E-state index contributed by atoms with van der Waals surface area (Å²) in [4.78, 5) is 3.41. The van der Waals surface area contributed by atoms with Gasteiger partial charge in [0.25, 0.3) is 0 Å². The molecule has 1 fully saturated rings. The van der Waals surface area contributed by atoms with Crippen LogP contribution < -0.4 is 4.74 Å². The predicted molar refractivity (Wildman–Crippen MR) is 52.7 cm³/mol. The zero-order chi connectivity index (χ0) is 10.1. The highest BCUT2D eigenvalue weighted by atomic mass is 16.6. The van der Waals surface area contributed by atoms with Crippen LogP contribution in [0.25, 0.3) is 4.85 Å². The van der Waals surface area contributed by atoms with E-state index in [0.29, 0.717) is 11.4 Å². The zero-order valence-electron chi connectivity index (χ0n) is 8.20. The summed E-state index contributed by atoms with van der Waals surface area (Å²) in [7, 11) is 1.58. The minimum absolute atomic E-state index is 0.212. The summed E-state index contributed by atoms with van der Waals surface area (Å²) in [6, 6.07) is 3.75. The standard InChI is InChI=1S/C11H11NO2/c1-7-4-9(12-2)10(13-3)5-8(7)11-6-14-11/h4-5,11H,6H2,1,3H3. The first-order valence-corrected chi connectivity index (χ1v) is 4.44. The normalized spacial score (nSPS) is 18.8. The van der Waals surface area contributed by atoms with E-state index in [2.05, 4.69) is 4.85 Å². The molecule has 3 heteroatoms. The Labute approximate surface area is 83.1 Å². The fourth-order valence-corrected chi connectivity index (χ4v) is 1.51. The highest BCUT2D eigenvalue weighted by Gasteiger charge is 2.27. The van der Waals surface area contributed by atoms with Gasteiger partial charge in [0.15, 0.2) is 0 Å². The average Bonchev–Trinajstić information content (AvgIpc) is 3.01. The molecule has 0 aromatic heterocycles. The van der Waals surface area contributed by atoms with Crippen LogP contribution in [0.15, 0.2) is 12.1 Å². The van der Waals surface area contributed by atoms with Crippen molar-refractivity contribution >= 4 is 5.69 Å². The second kappa shape index (κ2) is 3.32. The maximum Gasteiger partial charge on any atom is 0.228 e. The van der Waals surface area contributed by atoms with Crippen LogP contribution >= 0.6 is 0 Å². The summed E-state index contributed by atoms with van der Waals surface area (Å²) in [5.74, 6) is 0.635. The van der Waals surface area contributed by atoms with Crippen molar-refractivity contribution in [1.82, 2.24) is 0 Å². The molecule has 1 aliphatic rings. The van der Waals surface area contributed by atoms with Crippen molar-refractivity contribution in [1.29, 1.82) is 0 Å². The highest BCUT2D eigenvalue weighted by molar-refractivity contribution is 5.61. The molecule has 14 heavy (non-hydrogen) atoms. The first kappa shape index (κ1) is 9.04. The van der Waals surface area contributed by atoms with Crippen molar-refractivity contribution < 1.29 is 9.47 Å². The van der Waals surface area contributed by atoms with Gasteiger partial charge in [0.05, 0.1) is 20.3 Å². The van der Waals surface area contributed by atoms with E-state index in [1.54, 1.807) is 7.11 Å². The lowest BCUT2D eigenvalue weighted by Crippen LogP contribution is -1.90. The topological polar surface area (TPSA) is 26.1 Å². The summed E-state index contributed by atoms with van der Waals surface area (Å²) in [6.45, 7) is 9.76. The van der Waals surface area contributed by atoms with Gasteiger partial charge in [-0.15, -0.1) is 0 Å². The predicted octanol–water partition coefficient (Wildman–Crippen LogP) is 2.63. The molecule has 1 heterocycles. The van der Waals surface area contributed by atoms with E-state index in [1.165, 1.54) is 0 Å². The molecule has 0 aliphatic carbocycles. The molecule has 0 N–H and O–H groups in total. The molecule has 1 aromatic rings. The van der Waals surface area contributed by atoms with E-state index in [-0.39, 0.29) is 6.10 Å². The number of nitrogens with zero attached hydrogens (tertiary/aromatic N) is 1. The van der Waals surface area contributed by atoms with Gasteiger partial charge in [-0.2, -0.15) is 0 Å². The van der Waals surface area contributed by atoms with E-state index in [1.807, 2.05) is 19.1 Å². The Morgan fingerprint density at radius 3 is 2.79 bits per heavy atom. The number of hydrogen-bond donors (Lipinski definition) is 0. The first-order chi connectivity index (χ1) is 6.76. The first-order valence-electron chi connectivity index (χ1n) is 4.44. The molecule has 0 bridgehead atoms. The van der Waals surface area contributed by atoms with Crippen molar-refractivity contribution in [2.24, 2.45) is 0 Å². The number of hydrogen-bond acceptors (Lipinski definition) is 2. The molecule has 1 aliphatic heterocycles. The average molecular weight is 189 g/mol. The largest absolute Gasteiger partial charge is 0.508 e. The molecule has 1 atom stereocenters. The van der Waals surface area contributed by atoms with Crippen molar-refractivity contribution in [2.45, 2.75) is 13.0 Å². The van der Waals surface area contributed by atoms with Crippen LogP contribution in [0, 0.1) is 13.5 Å². The van der Waals surface area contributed by atoms with Crippen LogP contribution in [0.1, 0.15) is 17.2 Å². The Balaban J connectivity index is 2.49. The number of epoxide rings is 1. The second-order valence-corrected chi connectivity index (χ2v) is 3.31. The number of aryl methyl sites for hydroxylation is 1. The van der Waals surface area contributed by atoms with Crippen LogP contribution in [-0.4, -0.2) is 13.7 Å². The van der Waals surface area contributed by atoms with Gasteiger partial charge in [0.2, 0.25) is 5.69 Å². The molecule has 0 spiro atoms.